The Hall–Kier alpha value is -1.60. The summed E-state index contributed by atoms with van der Waals surface area (Å²) in [6.45, 7) is 3.11. The van der Waals surface area contributed by atoms with E-state index >= 15 is 0 Å². The summed E-state index contributed by atoms with van der Waals surface area (Å²) in [4.78, 5) is 0. The molecule has 2 aromatic rings. The summed E-state index contributed by atoms with van der Waals surface area (Å²) in [6, 6.07) is 18.0. The Morgan fingerprint density at radius 2 is 1.65 bits per heavy atom. The molecule has 0 unspecified atom stereocenters. The van der Waals surface area contributed by atoms with E-state index in [0.29, 0.717) is 6.04 Å². The second-order valence-electron chi connectivity index (χ2n) is 4.82. The van der Waals surface area contributed by atoms with Crippen LogP contribution in [0.15, 0.2) is 48.5 Å². The van der Waals surface area contributed by atoms with Crippen molar-refractivity contribution in [3.8, 4) is 0 Å². The lowest BCUT2D eigenvalue weighted by atomic mass is 9.91. The molecule has 17 heavy (non-hydrogen) atoms. The van der Waals surface area contributed by atoms with Crippen LogP contribution in [0, 0.1) is 6.92 Å². The fourth-order valence-electron chi connectivity index (χ4n) is 2.49. The highest BCUT2D eigenvalue weighted by Gasteiger charge is 2.18. The molecule has 1 atom stereocenters. The molecule has 0 saturated heterocycles. The smallest absolute Gasteiger partial charge is 0.0363 e. The zero-order chi connectivity index (χ0) is 11.7. The zero-order valence-electron chi connectivity index (χ0n) is 10.1. The van der Waals surface area contributed by atoms with Crippen molar-refractivity contribution in [2.24, 2.45) is 0 Å². The average molecular weight is 223 g/mol. The Labute approximate surface area is 102 Å². The predicted molar refractivity (Wildman–Crippen MR) is 70.9 cm³/mol. The van der Waals surface area contributed by atoms with E-state index in [-0.39, 0.29) is 0 Å². The third-order valence-electron chi connectivity index (χ3n) is 3.56. The summed E-state index contributed by atoms with van der Waals surface area (Å²) in [6.07, 6.45) is 1.10. The number of hydrogen-bond acceptors (Lipinski definition) is 1. The average Bonchev–Trinajstić information content (AvgIpc) is 2.39. The van der Waals surface area contributed by atoms with Gasteiger partial charge < -0.3 is 5.32 Å². The summed E-state index contributed by atoms with van der Waals surface area (Å²) in [7, 11) is 0. The van der Waals surface area contributed by atoms with E-state index in [4.69, 9.17) is 0 Å². The fourth-order valence-corrected chi connectivity index (χ4v) is 2.49. The quantitative estimate of drug-likeness (QED) is 0.781. The van der Waals surface area contributed by atoms with Crippen LogP contribution in [0.5, 0.6) is 0 Å². The molecule has 0 spiro atoms. The highest BCUT2D eigenvalue weighted by Crippen LogP contribution is 2.25. The first kappa shape index (κ1) is 10.5. The first-order valence-corrected chi connectivity index (χ1v) is 6.19. The zero-order valence-corrected chi connectivity index (χ0v) is 10.1. The molecule has 1 N–H and O–H groups in total. The van der Waals surface area contributed by atoms with Gasteiger partial charge in [-0.05, 0) is 30.0 Å². The Kier molecular flexibility index (Phi) is 2.69. The maximum absolute atomic E-state index is 3.61. The molecule has 1 heterocycles. The fraction of sp³-hybridized carbons (Fsp3) is 0.250. The van der Waals surface area contributed by atoms with Crippen molar-refractivity contribution in [3.05, 3.63) is 70.8 Å². The molecule has 1 aliphatic heterocycles. The topological polar surface area (TPSA) is 12.0 Å². The van der Waals surface area contributed by atoms with E-state index in [0.717, 1.165) is 13.0 Å². The van der Waals surface area contributed by atoms with Gasteiger partial charge in [0.15, 0.2) is 0 Å². The highest BCUT2D eigenvalue weighted by atomic mass is 14.9. The van der Waals surface area contributed by atoms with Gasteiger partial charge in [-0.1, -0.05) is 54.1 Å². The van der Waals surface area contributed by atoms with Crippen LogP contribution in [-0.2, 0) is 13.0 Å². The third-order valence-corrected chi connectivity index (χ3v) is 3.56. The predicted octanol–water partition coefficient (Wildman–Crippen LogP) is 3.38. The molecule has 86 valence electrons. The van der Waals surface area contributed by atoms with Gasteiger partial charge in [0.25, 0.3) is 0 Å². The van der Waals surface area contributed by atoms with Crippen LogP contribution >= 0.6 is 0 Å². The van der Waals surface area contributed by atoms with Crippen molar-refractivity contribution in [1.29, 1.82) is 0 Å². The van der Waals surface area contributed by atoms with E-state index in [1.54, 1.807) is 0 Å². The Balaban J connectivity index is 1.86. The number of nitrogens with one attached hydrogen (secondary N) is 1. The minimum absolute atomic E-state index is 0.463. The summed E-state index contributed by atoms with van der Waals surface area (Å²) in [5, 5.41) is 3.61. The van der Waals surface area contributed by atoms with Gasteiger partial charge in [0.1, 0.15) is 0 Å². The van der Waals surface area contributed by atoms with E-state index in [9.17, 15) is 0 Å². The third kappa shape index (κ3) is 2.11. The highest BCUT2D eigenvalue weighted by molar-refractivity contribution is 5.33. The first-order valence-electron chi connectivity index (χ1n) is 6.19. The molecule has 0 fully saturated rings. The van der Waals surface area contributed by atoms with E-state index in [2.05, 4.69) is 60.8 Å². The van der Waals surface area contributed by atoms with Gasteiger partial charge in [-0.2, -0.15) is 0 Å². The van der Waals surface area contributed by atoms with Crippen LogP contribution in [0.25, 0.3) is 0 Å². The first-order chi connectivity index (χ1) is 8.33. The lowest BCUT2D eigenvalue weighted by molar-refractivity contribution is 0.499. The molecule has 0 aliphatic carbocycles. The summed E-state index contributed by atoms with van der Waals surface area (Å²) >= 11 is 0. The Morgan fingerprint density at radius 3 is 2.41 bits per heavy atom. The van der Waals surface area contributed by atoms with Gasteiger partial charge >= 0.3 is 0 Å². The van der Waals surface area contributed by atoms with Gasteiger partial charge in [0.2, 0.25) is 0 Å². The molecule has 0 aromatic heterocycles. The SMILES string of the molecule is Cc1ccc([C@H]2Cc3ccccc3CN2)cc1. The van der Waals surface area contributed by atoms with Crippen LogP contribution in [-0.4, -0.2) is 0 Å². The van der Waals surface area contributed by atoms with Crippen molar-refractivity contribution in [2.45, 2.75) is 25.9 Å². The van der Waals surface area contributed by atoms with E-state index in [1.807, 2.05) is 0 Å². The lowest BCUT2D eigenvalue weighted by Gasteiger charge is -2.26. The van der Waals surface area contributed by atoms with Gasteiger partial charge in [-0.25, -0.2) is 0 Å². The molecule has 0 saturated carbocycles. The summed E-state index contributed by atoms with van der Waals surface area (Å²) in [5.74, 6) is 0. The van der Waals surface area contributed by atoms with Gasteiger partial charge in [-0.15, -0.1) is 0 Å². The van der Waals surface area contributed by atoms with E-state index < -0.39 is 0 Å². The maximum atomic E-state index is 3.61. The van der Waals surface area contributed by atoms with Crippen LogP contribution in [0.3, 0.4) is 0 Å². The van der Waals surface area contributed by atoms with Crippen molar-refractivity contribution in [2.75, 3.05) is 0 Å². The molecule has 1 aliphatic rings. The molecule has 2 aromatic carbocycles. The second-order valence-corrected chi connectivity index (χ2v) is 4.82. The normalized spacial score (nSPS) is 18.8. The second kappa shape index (κ2) is 4.34. The number of rotatable bonds is 1. The van der Waals surface area contributed by atoms with Crippen molar-refractivity contribution >= 4 is 0 Å². The van der Waals surface area contributed by atoms with Crippen LogP contribution < -0.4 is 5.32 Å². The molecule has 3 rings (SSSR count). The molecule has 0 amide bonds. The largest absolute Gasteiger partial charge is 0.306 e. The number of fused-ring (bicyclic) bond motifs is 1. The molecular formula is C16H17N. The Morgan fingerprint density at radius 1 is 0.941 bits per heavy atom. The van der Waals surface area contributed by atoms with Gasteiger partial charge in [-0.3, -0.25) is 0 Å². The maximum Gasteiger partial charge on any atom is 0.0363 e. The summed E-state index contributed by atoms with van der Waals surface area (Å²) in [5.41, 5.74) is 5.64. The van der Waals surface area contributed by atoms with Crippen LogP contribution in [0.2, 0.25) is 0 Å². The molecule has 0 radical (unpaired) electrons. The van der Waals surface area contributed by atoms with Gasteiger partial charge in [0.05, 0.1) is 0 Å². The molecule has 1 heteroatoms. The minimum atomic E-state index is 0.463. The summed E-state index contributed by atoms with van der Waals surface area (Å²) < 4.78 is 0. The molecule has 0 bridgehead atoms. The van der Waals surface area contributed by atoms with E-state index in [1.165, 1.54) is 22.3 Å². The van der Waals surface area contributed by atoms with Crippen molar-refractivity contribution in [3.63, 3.8) is 0 Å². The van der Waals surface area contributed by atoms with Crippen LogP contribution in [0.1, 0.15) is 28.3 Å². The van der Waals surface area contributed by atoms with Gasteiger partial charge in [0, 0.05) is 12.6 Å². The monoisotopic (exact) mass is 223 g/mol. The molecular weight excluding hydrogens is 206 g/mol. The van der Waals surface area contributed by atoms with Crippen molar-refractivity contribution < 1.29 is 0 Å². The minimum Gasteiger partial charge on any atom is -0.306 e. The number of hydrogen-bond donors (Lipinski definition) is 1. The van der Waals surface area contributed by atoms with Crippen molar-refractivity contribution in [1.82, 2.24) is 5.32 Å². The lowest BCUT2D eigenvalue weighted by Crippen LogP contribution is -2.28. The molecule has 1 nitrogen and oxygen atoms in total. The standard InChI is InChI=1S/C16H17N/c1-12-6-8-13(9-7-12)16-10-14-4-2-3-5-15(14)11-17-16/h2-9,16-17H,10-11H2,1H3/t16-/m1/s1. The van der Waals surface area contributed by atoms with Crippen LogP contribution in [0.4, 0.5) is 0 Å². The Bertz CT molecular complexity index is 513. The number of aryl methyl sites for hydroxylation is 1. The number of benzene rings is 2.